The fourth-order valence-electron chi connectivity index (χ4n) is 2.78. The third-order valence-electron chi connectivity index (χ3n) is 4.04. The number of aliphatic hydroxyl groups is 1. The molecular formula is C16H24FNO. The Morgan fingerprint density at radius 1 is 1.47 bits per heavy atom. The molecule has 19 heavy (non-hydrogen) atoms. The Labute approximate surface area is 115 Å². The van der Waals surface area contributed by atoms with Crippen molar-refractivity contribution in [2.24, 2.45) is 5.92 Å². The van der Waals surface area contributed by atoms with Gasteiger partial charge in [0, 0.05) is 13.1 Å². The highest BCUT2D eigenvalue weighted by Gasteiger charge is 2.17. The number of nitrogens with zero attached hydrogens (tertiary/aromatic N) is 1. The maximum atomic E-state index is 13.5. The zero-order valence-electron chi connectivity index (χ0n) is 11.9. The van der Waals surface area contributed by atoms with E-state index in [-0.39, 0.29) is 5.82 Å². The van der Waals surface area contributed by atoms with Gasteiger partial charge in [0.15, 0.2) is 0 Å². The summed E-state index contributed by atoms with van der Waals surface area (Å²) in [6.07, 6.45) is 2.67. The van der Waals surface area contributed by atoms with E-state index in [9.17, 15) is 9.50 Å². The molecule has 3 heteroatoms. The SMILES string of the molecule is Cc1ccc(C(O)CCN2CCCC(C)C2)cc1F. The number of aliphatic hydroxyl groups excluding tert-OH is 1. The van der Waals surface area contributed by atoms with Gasteiger partial charge in [-0.25, -0.2) is 4.39 Å². The second-order valence-corrected chi connectivity index (χ2v) is 5.86. The molecular weight excluding hydrogens is 241 g/mol. The molecule has 0 spiro atoms. The molecule has 1 aromatic carbocycles. The first-order valence-electron chi connectivity index (χ1n) is 7.22. The lowest BCUT2D eigenvalue weighted by atomic mass is 9.99. The Morgan fingerprint density at radius 3 is 2.95 bits per heavy atom. The summed E-state index contributed by atoms with van der Waals surface area (Å²) in [5, 5.41) is 10.1. The van der Waals surface area contributed by atoms with Gasteiger partial charge < -0.3 is 10.0 Å². The average molecular weight is 265 g/mol. The van der Waals surface area contributed by atoms with Crippen molar-refractivity contribution < 1.29 is 9.50 Å². The first-order valence-corrected chi connectivity index (χ1v) is 7.22. The minimum atomic E-state index is -0.563. The predicted octanol–water partition coefficient (Wildman–Crippen LogP) is 3.29. The summed E-state index contributed by atoms with van der Waals surface area (Å²) in [6, 6.07) is 5.01. The van der Waals surface area contributed by atoms with Gasteiger partial charge in [0.1, 0.15) is 5.82 Å². The molecule has 0 bridgehead atoms. The van der Waals surface area contributed by atoms with Gasteiger partial charge in [-0.05, 0) is 55.8 Å². The highest BCUT2D eigenvalue weighted by Crippen LogP contribution is 2.21. The van der Waals surface area contributed by atoms with Crippen molar-refractivity contribution in [1.29, 1.82) is 0 Å². The number of rotatable bonds is 4. The van der Waals surface area contributed by atoms with Crippen LogP contribution in [0.3, 0.4) is 0 Å². The van der Waals surface area contributed by atoms with Crippen molar-refractivity contribution in [2.45, 2.75) is 39.2 Å². The van der Waals surface area contributed by atoms with E-state index in [0.29, 0.717) is 17.5 Å². The Hall–Kier alpha value is -0.930. The minimum Gasteiger partial charge on any atom is -0.388 e. The quantitative estimate of drug-likeness (QED) is 0.903. The zero-order chi connectivity index (χ0) is 13.8. The van der Waals surface area contributed by atoms with E-state index in [2.05, 4.69) is 11.8 Å². The van der Waals surface area contributed by atoms with E-state index in [1.165, 1.54) is 18.9 Å². The highest BCUT2D eigenvalue weighted by molar-refractivity contribution is 5.24. The molecule has 2 atom stereocenters. The lowest BCUT2D eigenvalue weighted by Gasteiger charge is -2.31. The maximum absolute atomic E-state index is 13.5. The summed E-state index contributed by atoms with van der Waals surface area (Å²) in [5.41, 5.74) is 1.31. The van der Waals surface area contributed by atoms with Crippen LogP contribution >= 0.6 is 0 Å². The Balaban J connectivity index is 1.86. The number of piperidine rings is 1. The van der Waals surface area contributed by atoms with E-state index in [4.69, 9.17) is 0 Å². The third kappa shape index (κ3) is 4.02. The molecule has 0 aliphatic carbocycles. The van der Waals surface area contributed by atoms with E-state index in [1.54, 1.807) is 13.0 Å². The number of hydrogen-bond donors (Lipinski definition) is 1. The van der Waals surface area contributed by atoms with Crippen molar-refractivity contribution in [1.82, 2.24) is 4.90 Å². The van der Waals surface area contributed by atoms with Crippen LogP contribution < -0.4 is 0 Å². The number of hydrogen-bond acceptors (Lipinski definition) is 2. The molecule has 2 rings (SSSR count). The van der Waals surface area contributed by atoms with E-state index >= 15 is 0 Å². The van der Waals surface area contributed by atoms with Crippen molar-refractivity contribution in [3.8, 4) is 0 Å². The molecule has 0 radical (unpaired) electrons. The predicted molar refractivity (Wildman–Crippen MR) is 75.6 cm³/mol. The van der Waals surface area contributed by atoms with Gasteiger partial charge in [0.2, 0.25) is 0 Å². The van der Waals surface area contributed by atoms with Crippen LogP contribution in [0.1, 0.15) is 43.4 Å². The molecule has 1 aliphatic heterocycles. The summed E-state index contributed by atoms with van der Waals surface area (Å²) >= 11 is 0. The van der Waals surface area contributed by atoms with Gasteiger partial charge in [-0.2, -0.15) is 0 Å². The highest BCUT2D eigenvalue weighted by atomic mass is 19.1. The summed E-state index contributed by atoms with van der Waals surface area (Å²) in [5.74, 6) is 0.519. The minimum absolute atomic E-state index is 0.233. The largest absolute Gasteiger partial charge is 0.388 e. The van der Waals surface area contributed by atoms with Gasteiger partial charge in [-0.3, -0.25) is 0 Å². The van der Waals surface area contributed by atoms with Crippen LogP contribution in [-0.2, 0) is 0 Å². The standard InChI is InChI=1S/C16H24FNO/c1-12-4-3-8-18(11-12)9-7-16(19)14-6-5-13(2)15(17)10-14/h5-6,10,12,16,19H,3-4,7-9,11H2,1-2H3. The monoisotopic (exact) mass is 265 g/mol. The molecule has 1 N–H and O–H groups in total. The summed E-state index contributed by atoms with van der Waals surface area (Å²) < 4.78 is 13.5. The summed E-state index contributed by atoms with van der Waals surface area (Å²) in [6.45, 7) is 7.15. The maximum Gasteiger partial charge on any atom is 0.126 e. The van der Waals surface area contributed by atoms with Gasteiger partial charge in [0.25, 0.3) is 0 Å². The third-order valence-corrected chi connectivity index (χ3v) is 4.04. The summed E-state index contributed by atoms with van der Waals surface area (Å²) in [7, 11) is 0. The second kappa shape index (κ2) is 6.49. The number of likely N-dealkylation sites (tertiary alicyclic amines) is 1. The number of halogens is 1. The molecule has 1 saturated heterocycles. The molecule has 2 unspecified atom stereocenters. The van der Waals surface area contributed by atoms with Crippen LogP contribution in [-0.4, -0.2) is 29.6 Å². The molecule has 1 aliphatic rings. The van der Waals surface area contributed by atoms with Crippen molar-refractivity contribution in [3.05, 3.63) is 35.1 Å². The Kier molecular flexibility index (Phi) is 4.94. The fraction of sp³-hybridized carbons (Fsp3) is 0.625. The molecule has 106 valence electrons. The molecule has 1 aromatic rings. The Morgan fingerprint density at radius 2 is 2.26 bits per heavy atom. The molecule has 1 fully saturated rings. The van der Waals surface area contributed by atoms with E-state index in [0.717, 1.165) is 25.6 Å². The summed E-state index contributed by atoms with van der Waals surface area (Å²) in [4.78, 5) is 2.40. The van der Waals surface area contributed by atoms with Crippen LogP contribution in [0, 0.1) is 18.7 Å². The van der Waals surface area contributed by atoms with Gasteiger partial charge in [-0.1, -0.05) is 19.1 Å². The topological polar surface area (TPSA) is 23.5 Å². The normalized spacial score (nSPS) is 22.4. The lowest BCUT2D eigenvalue weighted by molar-refractivity contribution is 0.121. The molecule has 0 amide bonds. The molecule has 2 nitrogen and oxygen atoms in total. The van der Waals surface area contributed by atoms with Crippen molar-refractivity contribution >= 4 is 0 Å². The first kappa shape index (κ1) is 14.5. The van der Waals surface area contributed by atoms with Crippen LogP contribution in [0.2, 0.25) is 0 Å². The van der Waals surface area contributed by atoms with E-state index in [1.807, 2.05) is 6.07 Å². The fourth-order valence-corrected chi connectivity index (χ4v) is 2.78. The van der Waals surface area contributed by atoms with Gasteiger partial charge in [0.05, 0.1) is 6.10 Å². The second-order valence-electron chi connectivity index (χ2n) is 5.86. The van der Waals surface area contributed by atoms with Crippen LogP contribution in [0.4, 0.5) is 4.39 Å². The zero-order valence-corrected chi connectivity index (χ0v) is 11.9. The smallest absolute Gasteiger partial charge is 0.126 e. The molecule has 1 heterocycles. The Bertz CT molecular complexity index is 421. The van der Waals surface area contributed by atoms with Crippen molar-refractivity contribution in [3.63, 3.8) is 0 Å². The first-order chi connectivity index (χ1) is 9.06. The van der Waals surface area contributed by atoms with Gasteiger partial charge in [-0.15, -0.1) is 0 Å². The van der Waals surface area contributed by atoms with Crippen LogP contribution in [0.5, 0.6) is 0 Å². The molecule has 0 saturated carbocycles. The van der Waals surface area contributed by atoms with Crippen molar-refractivity contribution in [2.75, 3.05) is 19.6 Å². The number of benzene rings is 1. The van der Waals surface area contributed by atoms with Crippen LogP contribution in [0.15, 0.2) is 18.2 Å². The van der Waals surface area contributed by atoms with Crippen LogP contribution in [0.25, 0.3) is 0 Å². The number of aryl methyl sites for hydroxylation is 1. The van der Waals surface area contributed by atoms with Gasteiger partial charge >= 0.3 is 0 Å². The average Bonchev–Trinajstić information content (AvgIpc) is 2.39. The molecule has 0 aromatic heterocycles. The van der Waals surface area contributed by atoms with E-state index < -0.39 is 6.10 Å². The lowest BCUT2D eigenvalue weighted by Crippen LogP contribution is -2.35.